The molecule has 2 aromatic carbocycles. The van der Waals surface area contributed by atoms with Crippen LogP contribution in [0.25, 0.3) is 6.08 Å². The fourth-order valence-corrected chi connectivity index (χ4v) is 2.54. The molecule has 8 heteroatoms. The van der Waals surface area contributed by atoms with Gasteiger partial charge in [0, 0.05) is 6.08 Å². The molecule has 2 rings (SSSR count). The zero-order chi connectivity index (χ0) is 19.1. The van der Waals surface area contributed by atoms with Crippen molar-refractivity contribution in [3.63, 3.8) is 0 Å². The summed E-state index contributed by atoms with van der Waals surface area (Å²) in [4.78, 5) is 21.9. The van der Waals surface area contributed by atoms with Crippen LogP contribution in [-0.2, 0) is 4.79 Å². The van der Waals surface area contributed by atoms with Crippen LogP contribution in [0.5, 0.6) is 17.2 Å². The predicted molar refractivity (Wildman–Crippen MR) is 99.0 cm³/mol. The second-order valence-electron chi connectivity index (χ2n) is 5.21. The Bertz CT molecular complexity index is 832. The van der Waals surface area contributed by atoms with Gasteiger partial charge in [-0.15, -0.1) is 0 Å². The van der Waals surface area contributed by atoms with Gasteiger partial charge >= 0.3 is 5.97 Å². The number of carbonyl (C=O) groups excluding carboxylic acids is 1. The molecule has 0 saturated carbocycles. The van der Waals surface area contributed by atoms with Crippen LogP contribution in [0.2, 0.25) is 0 Å². The second kappa shape index (κ2) is 9.00. The van der Waals surface area contributed by atoms with E-state index in [1.807, 2.05) is 19.1 Å². The lowest BCUT2D eigenvalue weighted by Crippen LogP contribution is -2.18. The molecule has 0 aliphatic heterocycles. The van der Waals surface area contributed by atoms with Crippen LogP contribution in [0.3, 0.4) is 0 Å². The first-order valence-corrected chi connectivity index (χ1v) is 8.27. The second-order valence-corrected chi connectivity index (χ2v) is 6.07. The van der Waals surface area contributed by atoms with Gasteiger partial charge in [-0.3, -0.25) is 10.1 Å². The van der Waals surface area contributed by atoms with Crippen LogP contribution in [0.4, 0.5) is 0 Å². The molecule has 0 aromatic heterocycles. The molecule has 0 N–H and O–H groups in total. The summed E-state index contributed by atoms with van der Waals surface area (Å²) in [6, 6.07) is 10.4. The number of rotatable bonds is 7. The first-order valence-electron chi connectivity index (χ1n) is 7.48. The first-order chi connectivity index (χ1) is 12.4. The summed E-state index contributed by atoms with van der Waals surface area (Å²) >= 11 is 3.28. The molecule has 0 saturated heterocycles. The summed E-state index contributed by atoms with van der Waals surface area (Å²) in [5.41, 5.74) is 1.60. The highest BCUT2D eigenvalue weighted by atomic mass is 79.9. The molecule has 0 radical (unpaired) electrons. The third kappa shape index (κ3) is 5.59. The predicted octanol–water partition coefficient (Wildman–Crippen LogP) is 4.00. The molecule has 0 bridgehead atoms. The minimum atomic E-state index is -0.613. The molecule has 7 nitrogen and oxygen atoms in total. The average molecular weight is 422 g/mol. The SMILES string of the molecule is COc1cc(C=C[N+](=O)[O-])cc(Br)c1OC(=O)COc1ccc(C)cc1. The van der Waals surface area contributed by atoms with Crippen LogP contribution in [0.15, 0.2) is 47.1 Å². The lowest BCUT2D eigenvalue weighted by atomic mass is 10.2. The Morgan fingerprint density at radius 1 is 1.27 bits per heavy atom. The van der Waals surface area contributed by atoms with E-state index in [4.69, 9.17) is 14.2 Å². The molecule has 0 heterocycles. The van der Waals surface area contributed by atoms with Crippen molar-refractivity contribution < 1.29 is 23.9 Å². The summed E-state index contributed by atoms with van der Waals surface area (Å²) in [6.07, 6.45) is 2.11. The Morgan fingerprint density at radius 2 is 1.96 bits per heavy atom. The van der Waals surface area contributed by atoms with E-state index >= 15 is 0 Å². The van der Waals surface area contributed by atoms with Gasteiger partial charge in [0.15, 0.2) is 18.1 Å². The molecule has 0 aliphatic carbocycles. The summed E-state index contributed by atoms with van der Waals surface area (Å²) in [6.45, 7) is 1.67. The highest BCUT2D eigenvalue weighted by Crippen LogP contribution is 2.37. The van der Waals surface area contributed by atoms with E-state index in [0.29, 0.717) is 15.8 Å². The largest absolute Gasteiger partial charge is 0.493 e. The fraction of sp³-hybridized carbons (Fsp3) is 0.167. The van der Waals surface area contributed by atoms with E-state index < -0.39 is 10.9 Å². The number of ether oxygens (including phenoxy) is 3. The van der Waals surface area contributed by atoms with E-state index in [2.05, 4.69) is 15.9 Å². The first kappa shape index (κ1) is 19.5. The lowest BCUT2D eigenvalue weighted by Gasteiger charge is -2.12. The van der Waals surface area contributed by atoms with Gasteiger partial charge in [-0.1, -0.05) is 17.7 Å². The molecule has 0 spiro atoms. The quantitative estimate of drug-likeness (QED) is 0.290. The number of halogens is 1. The van der Waals surface area contributed by atoms with Crippen LogP contribution >= 0.6 is 15.9 Å². The van der Waals surface area contributed by atoms with Crippen LogP contribution in [0, 0.1) is 17.0 Å². The molecule has 136 valence electrons. The molecular formula is C18H16BrNO6. The van der Waals surface area contributed by atoms with Crippen molar-refractivity contribution in [2.24, 2.45) is 0 Å². The molecular weight excluding hydrogens is 406 g/mol. The number of esters is 1. The number of methoxy groups -OCH3 is 1. The minimum Gasteiger partial charge on any atom is -0.493 e. The van der Waals surface area contributed by atoms with Gasteiger partial charge in [0.2, 0.25) is 6.20 Å². The van der Waals surface area contributed by atoms with E-state index in [-0.39, 0.29) is 18.1 Å². The number of hydrogen-bond acceptors (Lipinski definition) is 6. The number of hydrogen-bond donors (Lipinski definition) is 0. The standard InChI is InChI=1S/C18H16BrNO6/c1-12-3-5-14(6-4-12)25-11-17(21)26-18-15(19)9-13(7-8-20(22)23)10-16(18)24-2/h3-10H,11H2,1-2H3. The van der Waals surface area contributed by atoms with Crippen molar-refractivity contribution in [1.29, 1.82) is 0 Å². The maximum Gasteiger partial charge on any atom is 0.349 e. The van der Waals surface area contributed by atoms with Gasteiger partial charge in [-0.05, 0) is 52.7 Å². The van der Waals surface area contributed by atoms with Gasteiger partial charge in [-0.2, -0.15) is 0 Å². The maximum atomic E-state index is 12.0. The zero-order valence-electron chi connectivity index (χ0n) is 14.1. The normalized spacial score (nSPS) is 10.6. The van der Waals surface area contributed by atoms with Crippen molar-refractivity contribution in [1.82, 2.24) is 0 Å². The number of benzene rings is 2. The van der Waals surface area contributed by atoms with Gasteiger partial charge in [0.1, 0.15) is 5.75 Å². The van der Waals surface area contributed by atoms with Crippen molar-refractivity contribution in [3.05, 3.63) is 68.3 Å². The van der Waals surface area contributed by atoms with Crippen molar-refractivity contribution in [2.75, 3.05) is 13.7 Å². The third-order valence-electron chi connectivity index (χ3n) is 3.23. The highest BCUT2D eigenvalue weighted by Gasteiger charge is 2.16. The van der Waals surface area contributed by atoms with E-state index in [1.54, 1.807) is 18.2 Å². The Labute approximate surface area is 158 Å². The summed E-state index contributed by atoms with van der Waals surface area (Å²) in [5, 5.41) is 10.4. The number of aryl methyl sites for hydroxylation is 1. The van der Waals surface area contributed by atoms with Gasteiger partial charge in [-0.25, -0.2) is 4.79 Å². The third-order valence-corrected chi connectivity index (χ3v) is 3.82. The molecule has 2 aromatic rings. The van der Waals surface area contributed by atoms with E-state index in [9.17, 15) is 14.9 Å². The minimum absolute atomic E-state index is 0.170. The zero-order valence-corrected chi connectivity index (χ0v) is 15.7. The number of nitrogens with zero attached hydrogens (tertiary/aromatic N) is 1. The van der Waals surface area contributed by atoms with Gasteiger partial charge < -0.3 is 14.2 Å². The molecule has 26 heavy (non-hydrogen) atoms. The van der Waals surface area contributed by atoms with E-state index in [0.717, 1.165) is 11.8 Å². The maximum absolute atomic E-state index is 12.0. The lowest BCUT2D eigenvalue weighted by molar-refractivity contribution is -0.400. The van der Waals surface area contributed by atoms with E-state index in [1.165, 1.54) is 19.3 Å². The van der Waals surface area contributed by atoms with Crippen molar-refractivity contribution in [3.8, 4) is 17.2 Å². The van der Waals surface area contributed by atoms with Crippen molar-refractivity contribution in [2.45, 2.75) is 6.92 Å². The summed E-state index contributed by atoms with van der Waals surface area (Å²) in [5.74, 6) is 0.367. The smallest absolute Gasteiger partial charge is 0.349 e. The van der Waals surface area contributed by atoms with Gasteiger partial charge in [0.25, 0.3) is 0 Å². The van der Waals surface area contributed by atoms with Crippen LogP contribution in [-0.4, -0.2) is 24.6 Å². The Morgan fingerprint density at radius 3 is 2.58 bits per heavy atom. The Kier molecular flexibility index (Phi) is 6.74. The van der Waals surface area contributed by atoms with Gasteiger partial charge in [0.05, 0.1) is 16.5 Å². The summed E-state index contributed by atoms with van der Waals surface area (Å²) < 4.78 is 16.3. The molecule has 0 unspecified atom stereocenters. The average Bonchev–Trinajstić information content (AvgIpc) is 2.61. The highest BCUT2D eigenvalue weighted by molar-refractivity contribution is 9.10. The topological polar surface area (TPSA) is 87.9 Å². The monoisotopic (exact) mass is 421 g/mol. The number of carbonyl (C=O) groups is 1. The molecule has 0 atom stereocenters. The molecule has 0 fully saturated rings. The fourth-order valence-electron chi connectivity index (χ4n) is 2.00. The van der Waals surface area contributed by atoms with Crippen LogP contribution in [0.1, 0.15) is 11.1 Å². The molecule has 0 amide bonds. The molecule has 0 aliphatic rings. The van der Waals surface area contributed by atoms with Crippen molar-refractivity contribution >= 4 is 28.0 Å². The number of nitro groups is 1. The van der Waals surface area contributed by atoms with Crippen LogP contribution < -0.4 is 14.2 Å². The Balaban J connectivity index is 2.08. The summed E-state index contributed by atoms with van der Waals surface area (Å²) in [7, 11) is 1.41. The Hall–Kier alpha value is -2.87.